The van der Waals surface area contributed by atoms with Crippen LogP contribution in [0, 0.1) is 0 Å². The van der Waals surface area contributed by atoms with Gasteiger partial charge in [-0.2, -0.15) is 0 Å². The van der Waals surface area contributed by atoms with Crippen molar-refractivity contribution in [3.8, 4) is 0 Å². The molecule has 0 spiro atoms. The van der Waals surface area contributed by atoms with E-state index in [1.165, 1.54) is 23.6 Å². The molecule has 1 atom stereocenters. The molecule has 0 radical (unpaired) electrons. The summed E-state index contributed by atoms with van der Waals surface area (Å²) in [6.45, 7) is 14.9. The van der Waals surface area contributed by atoms with Crippen LogP contribution in [0.15, 0.2) is 48.8 Å². The van der Waals surface area contributed by atoms with E-state index in [0.29, 0.717) is 0 Å². The van der Waals surface area contributed by atoms with Crippen molar-refractivity contribution in [3.63, 3.8) is 0 Å². The van der Waals surface area contributed by atoms with Gasteiger partial charge in [0.05, 0.1) is 0 Å². The fraction of sp³-hybridized carbons (Fsp3) is 0.375. The summed E-state index contributed by atoms with van der Waals surface area (Å²) in [6.07, 6.45) is 2.51. The third-order valence-electron chi connectivity index (χ3n) is 3.78. The van der Waals surface area contributed by atoms with E-state index in [2.05, 4.69) is 68.8 Å². The maximum absolute atomic E-state index is 4.00. The number of rotatable bonds is 7. The van der Waals surface area contributed by atoms with Gasteiger partial charge in [0.15, 0.2) is 0 Å². The smallest absolute Gasteiger partial charge is 0.103 e. The Morgan fingerprint density at radius 2 is 2.06 bits per heavy atom. The third-order valence-corrected chi connectivity index (χ3v) is 8.47. The first-order valence-electron chi connectivity index (χ1n) is 6.87. The summed E-state index contributed by atoms with van der Waals surface area (Å²) in [5, 5.41) is 1.50. The van der Waals surface area contributed by atoms with Gasteiger partial charge in [-0.3, -0.25) is 0 Å². The Bertz CT molecular complexity index is 407. The van der Waals surface area contributed by atoms with Crippen LogP contribution in [0.1, 0.15) is 18.9 Å². The first kappa shape index (κ1) is 15.2. The average Bonchev–Trinajstić information content (AvgIpc) is 2.38. The van der Waals surface area contributed by atoms with Gasteiger partial charge in [0.1, 0.15) is 8.07 Å². The van der Waals surface area contributed by atoms with Crippen molar-refractivity contribution in [2.75, 3.05) is 0 Å². The fourth-order valence-electron chi connectivity index (χ4n) is 2.18. The molecule has 0 saturated carbocycles. The molecule has 0 aliphatic heterocycles. The fourth-order valence-corrected chi connectivity index (χ4v) is 4.80. The minimum Gasteiger partial charge on any atom is -0.108 e. The molecule has 0 heterocycles. The zero-order valence-electron chi connectivity index (χ0n) is 12.1. The van der Waals surface area contributed by atoms with Crippen molar-refractivity contribution in [3.05, 3.63) is 54.4 Å². The molecule has 1 aromatic rings. The van der Waals surface area contributed by atoms with E-state index < -0.39 is 8.07 Å². The maximum atomic E-state index is 4.00. The molecule has 0 saturated heterocycles. The minimum atomic E-state index is -1.41. The summed E-state index contributed by atoms with van der Waals surface area (Å²) in [5.41, 5.74) is 6.71. The Hall–Kier alpha value is -0.866. The lowest BCUT2D eigenvalue weighted by molar-refractivity contribution is 0.786. The van der Waals surface area contributed by atoms with Crippen LogP contribution in [-0.2, 0) is 6.42 Å². The Labute approximate surface area is 116 Å². The average molecular weight is 275 g/mol. The van der Waals surface area contributed by atoms with E-state index in [9.17, 15) is 0 Å². The van der Waals surface area contributed by atoms with Gasteiger partial charge in [-0.1, -0.05) is 61.6 Å². The second-order valence-electron chi connectivity index (χ2n) is 5.63. The number of hydrogen-bond acceptors (Lipinski definition) is 0. The van der Waals surface area contributed by atoms with Crippen LogP contribution in [0.25, 0.3) is 0 Å². The normalized spacial score (nSPS) is 13.7. The van der Waals surface area contributed by atoms with E-state index in [1.54, 1.807) is 0 Å². The Morgan fingerprint density at radius 1 is 1.33 bits per heavy atom. The van der Waals surface area contributed by atoms with Crippen LogP contribution in [-0.4, -0.2) is 17.6 Å². The monoisotopic (exact) mass is 274 g/mol. The summed E-state index contributed by atoms with van der Waals surface area (Å²) in [7, 11) is -1.51. The van der Waals surface area contributed by atoms with E-state index in [-0.39, 0.29) is 9.52 Å². The summed E-state index contributed by atoms with van der Waals surface area (Å²) in [5.74, 6) is 0. The number of hydrogen-bond donors (Lipinski definition) is 0. The molecule has 0 fully saturated rings. The molecule has 0 aliphatic rings. The lowest BCUT2D eigenvalue weighted by Crippen LogP contribution is -2.39. The van der Waals surface area contributed by atoms with Crippen molar-refractivity contribution in [1.29, 1.82) is 0 Å². The largest absolute Gasteiger partial charge is 0.108 e. The Morgan fingerprint density at radius 3 is 2.61 bits per heavy atom. The number of benzene rings is 1. The van der Waals surface area contributed by atoms with Gasteiger partial charge < -0.3 is 0 Å². The van der Waals surface area contributed by atoms with Crippen molar-refractivity contribution >= 4 is 22.8 Å². The highest BCUT2D eigenvalue weighted by atomic mass is 28.3. The van der Waals surface area contributed by atoms with E-state index in [1.807, 2.05) is 0 Å². The van der Waals surface area contributed by atoms with Gasteiger partial charge in [0.2, 0.25) is 0 Å². The topological polar surface area (TPSA) is 0 Å². The van der Waals surface area contributed by atoms with Crippen LogP contribution in [0.4, 0.5) is 0 Å². The standard InChI is InChI=1S/C16H26Si2/c1-6-15(17-7-2)12-14-10-9-11-16(13-14)18(4,5)8-3/h7-11,13,15H,2-3,6,12,17H2,1,4-5H3. The molecule has 0 amide bonds. The quantitative estimate of drug-likeness (QED) is 0.669. The molecule has 0 bridgehead atoms. The van der Waals surface area contributed by atoms with Crippen molar-refractivity contribution in [2.24, 2.45) is 0 Å². The van der Waals surface area contributed by atoms with Crippen LogP contribution >= 0.6 is 0 Å². The zero-order chi connectivity index (χ0) is 13.6. The molecule has 2 heteroatoms. The molecule has 18 heavy (non-hydrogen) atoms. The van der Waals surface area contributed by atoms with Gasteiger partial charge >= 0.3 is 0 Å². The highest BCUT2D eigenvalue weighted by Gasteiger charge is 2.19. The molecule has 0 aromatic heterocycles. The van der Waals surface area contributed by atoms with Crippen LogP contribution < -0.4 is 5.19 Å². The van der Waals surface area contributed by atoms with Gasteiger partial charge in [-0.25, -0.2) is 0 Å². The van der Waals surface area contributed by atoms with Crippen LogP contribution in [0.5, 0.6) is 0 Å². The van der Waals surface area contributed by atoms with Crippen LogP contribution in [0.2, 0.25) is 18.6 Å². The predicted molar refractivity (Wildman–Crippen MR) is 90.2 cm³/mol. The Balaban J connectivity index is 2.88. The third kappa shape index (κ3) is 4.11. The van der Waals surface area contributed by atoms with Crippen molar-refractivity contribution < 1.29 is 0 Å². The molecule has 1 rings (SSSR count). The predicted octanol–water partition coefficient (Wildman–Crippen LogP) is 3.38. The molecule has 0 N–H and O–H groups in total. The van der Waals surface area contributed by atoms with Gasteiger partial charge in [0, 0.05) is 9.52 Å². The highest BCUT2D eigenvalue weighted by molar-refractivity contribution is 6.93. The highest BCUT2D eigenvalue weighted by Crippen LogP contribution is 2.17. The van der Waals surface area contributed by atoms with E-state index in [4.69, 9.17) is 0 Å². The molecule has 1 aromatic carbocycles. The minimum absolute atomic E-state index is 0.105. The molecule has 0 aliphatic carbocycles. The maximum Gasteiger partial charge on any atom is 0.103 e. The molecule has 0 nitrogen and oxygen atoms in total. The summed E-state index contributed by atoms with van der Waals surface area (Å²) < 4.78 is 0. The second-order valence-corrected chi connectivity index (χ2v) is 12.3. The van der Waals surface area contributed by atoms with Crippen molar-refractivity contribution in [2.45, 2.75) is 38.4 Å². The molecule has 98 valence electrons. The van der Waals surface area contributed by atoms with E-state index >= 15 is 0 Å². The van der Waals surface area contributed by atoms with Gasteiger partial charge in [-0.05, 0) is 17.5 Å². The SMILES string of the molecule is C=C[SiH2]C(CC)Cc1cccc([Si](C)(C)C=C)c1. The van der Waals surface area contributed by atoms with Crippen LogP contribution in [0.3, 0.4) is 0 Å². The molecular weight excluding hydrogens is 248 g/mol. The first-order valence-corrected chi connectivity index (χ1v) is 11.6. The van der Waals surface area contributed by atoms with E-state index in [0.717, 1.165) is 5.54 Å². The van der Waals surface area contributed by atoms with Crippen molar-refractivity contribution in [1.82, 2.24) is 0 Å². The zero-order valence-corrected chi connectivity index (χ0v) is 14.5. The lowest BCUT2D eigenvalue weighted by Gasteiger charge is -2.20. The summed E-state index contributed by atoms with van der Waals surface area (Å²) in [4.78, 5) is 0. The second kappa shape index (κ2) is 6.90. The molecular formula is C16H26Si2. The summed E-state index contributed by atoms with van der Waals surface area (Å²) >= 11 is 0. The Kier molecular flexibility index (Phi) is 5.83. The summed E-state index contributed by atoms with van der Waals surface area (Å²) in [6, 6.07) is 9.17. The first-order chi connectivity index (χ1) is 8.53. The molecule has 1 unspecified atom stereocenters. The van der Waals surface area contributed by atoms with Gasteiger partial charge in [-0.15, -0.1) is 18.9 Å². The lowest BCUT2D eigenvalue weighted by atomic mass is 10.1. The van der Waals surface area contributed by atoms with Gasteiger partial charge in [0.25, 0.3) is 0 Å².